The zero-order valence-corrected chi connectivity index (χ0v) is 12.3. The Morgan fingerprint density at radius 2 is 2.22 bits per heavy atom. The third-order valence-electron chi connectivity index (χ3n) is 3.87. The van der Waals surface area contributed by atoms with E-state index < -0.39 is 0 Å². The van der Waals surface area contributed by atoms with Gasteiger partial charge in [0.1, 0.15) is 5.75 Å². The molecule has 0 N–H and O–H groups in total. The molecule has 0 fully saturated rings. The number of benzene rings is 1. The van der Waals surface area contributed by atoms with Crippen LogP contribution in [0, 0.1) is 0 Å². The minimum absolute atomic E-state index is 0.514. The maximum atomic E-state index is 6.21. The van der Waals surface area contributed by atoms with E-state index >= 15 is 0 Å². The fourth-order valence-corrected chi connectivity index (χ4v) is 3.02. The molecule has 2 nitrogen and oxygen atoms in total. The Labute approximate surface area is 115 Å². The number of likely N-dealkylation sites (N-methyl/N-ethyl adjacent to an activating group) is 1. The molecule has 0 bridgehead atoms. The van der Waals surface area contributed by atoms with E-state index in [4.69, 9.17) is 16.3 Å². The summed E-state index contributed by atoms with van der Waals surface area (Å²) in [4.78, 5) is 2.45. The number of unbranched alkanes of at least 4 members (excludes halogenated alkanes) is 1. The molecule has 0 aromatic heterocycles. The van der Waals surface area contributed by atoms with E-state index in [1.165, 1.54) is 30.4 Å². The van der Waals surface area contributed by atoms with E-state index in [-0.39, 0.29) is 0 Å². The lowest BCUT2D eigenvalue weighted by Gasteiger charge is -2.35. The highest BCUT2D eigenvalue weighted by atomic mass is 35.5. The molecule has 1 heterocycles. The number of hydrogen-bond acceptors (Lipinski definition) is 2. The van der Waals surface area contributed by atoms with Gasteiger partial charge in [-0.05, 0) is 43.1 Å². The quantitative estimate of drug-likeness (QED) is 0.815. The minimum atomic E-state index is 0.514. The molecular weight excluding hydrogens is 246 g/mol. The van der Waals surface area contributed by atoms with Crippen LogP contribution in [0.25, 0.3) is 0 Å². The molecular formula is C15H22ClNO. The van der Waals surface area contributed by atoms with E-state index in [1.54, 1.807) is 7.11 Å². The Hall–Kier alpha value is -0.730. The van der Waals surface area contributed by atoms with Crippen molar-refractivity contribution < 1.29 is 4.74 Å². The summed E-state index contributed by atoms with van der Waals surface area (Å²) in [7, 11) is 3.89. The molecule has 1 aliphatic heterocycles. The number of nitrogens with zero attached hydrogens (tertiary/aromatic N) is 1. The van der Waals surface area contributed by atoms with Crippen LogP contribution in [0.15, 0.2) is 12.1 Å². The Balaban J connectivity index is 2.35. The van der Waals surface area contributed by atoms with E-state index in [0.29, 0.717) is 6.04 Å². The summed E-state index contributed by atoms with van der Waals surface area (Å²) < 4.78 is 5.35. The van der Waals surface area contributed by atoms with Crippen LogP contribution < -0.4 is 4.74 Å². The van der Waals surface area contributed by atoms with Crippen molar-refractivity contribution in [1.82, 2.24) is 4.90 Å². The van der Waals surface area contributed by atoms with Crippen LogP contribution in [0.4, 0.5) is 0 Å². The molecule has 0 amide bonds. The molecule has 0 spiro atoms. The van der Waals surface area contributed by atoms with Gasteiger partial charge in [-0.1, -0.05) is 31.4 Å². The fraction of sp³-hybridized carbons (Fsp3) is 0.600. The van der Waals surface area contributed by atoms with E-state index in [9.17, 15) is 0 Å². The molecule has 0 saturated carbocycles. The Morgan fingerprint density at radius 1 is 1.44 bits per heavy atom. The Morgan fingerprint density at radius 3 is 2.89 bits per heavy atom. The first kappa shape index (κ1) is 13.7. The van der Waals surface area contributed by atoms with Gasteiger partial charge in [0, 0.05) is 12.6 Å². The van der Waals surface area contributed by atoms with E-state index in [2.05, 4.69) is 31.0 Å². The summed E-state index contributed by atoms with van der Waals surface area (Å²) in [5.74, 6) is 0.798. The number of rotatable bonds is 4. The lowest BCUT2D eigenvalue weighted by Crippen LogP contribution is -2.32. The molecule has 100 valence electrons. The van der Waals surface area contributed by atoms with Gasteiger partial charge in [0.2, 0.25) is 0 Å². The number of ether oxygens (including phenoxy) is 1. The van der Waals surface area contributed by atoms with Gasteiger partial charge in [0.25, 0.3) is 0 Å². The third kappa shape index (κ3) is 2.65. The SMILES string of the molecule is CCCCC1c2cc(OC)c(Cl)cc2CCN1C. The molecule has 18 heavy (non-hydrogen) atoms. The summed E-state index contributed by atoms with van der Waals surface area (Å²) in [6.07, 6.45) is 4.80. The van der Waals surface area contributed by atoms with Crippen molar-refractivity contribution in [1.29, 1.82) is 0 Å². The number of halogens is 1. The average molecular weight is 268 g/mol. The monoisotopic (exact) mass is 267 g/mol. The molecule has 3 heteroatoms. The van der Waals surface area contributed by atoms with Crippen LogP contribution in [-0.4, -0.2) is 25.6 Å². The van der Waals surface area contributed by atoms with Crippen molar-refractivity contribution in [3.8, 4) is 5.75 Å². The van der Waals surface area contributed by atoms with Gasteiger partial charge >= 0.3 is 0 Å². The largest absolute Gasteiger partial charge is 0.495 e. The standard InChI is InChI=1S/C15H22ClNO/c1-4-5-6-14-12-10-15(18-3)13(16)9-11(12)7-8-17(14)2/h9-10,14H,4-8H2,1-3H3. The first-order valence-corrected chi connectivity index (χ1v) is 7.11. The van der Waals surface area contributed by atoms with Crippen LogP contribution in [0.2, 0.25) is 5.02 Å². The number of fused-ring (bicyclic) bond motifs is 1. The first-order valence-electron chi connectivity index (χ1n) is 6.74. The van der Waals surface area contributed by atoms with Crippen molar-refractivity contribution in [2.45, 2.75) is 38.6 Å². The van der Waals surface area contributed by atoms with Crippen molar-refractivity contribution in [3.05, 3.63) is 28.3 Å². The molecule has 0 radical (unpaired) electrons. The van der Waals surface area contributed by atoms with Gasteiger partial charge in [-0.2, -0.15) is 0 Å². The second kappa shape index (κ2) is 5.94. The van der Waals surface area contributed by atoms with Crippen LogP contribution >= 0.6 is 11.6 Å². The van der Waals surface area contributed by atoms with Gasteiger partial charge in [0.05, 0.1) is 12.1 Å². The van der Waals surface area contributed by atoms with Crippen LogP contribution in [-0.2, 0) is 6.42 Å². The summed E-state index contributed by atoms with van der Waals surface area (Å²) in [6, 6.07) is 4.73. The summed E-state index contributed by atoms with van der Waals surface area (Å²) in [5, 5.41) is 0.732. The number of methoxy groups -OCH3 is 1. The second-order valence-corrected chi connectivity index (χ2v) is 5.48. The van der Waals surface area contributed by atoms with Gasteiger partial charge < -0.3 is 4.74 Å². The molecule has 2 rings (SSSR count). The smallest absolute Gasteiger partial charge is 0.137 e. The van der Waals surface area contributed by atoms with E-state index in [0.717, 1.165) is 23.7 Å². The molecule has 0 aliphatic carbocycles. The van der Waals surface area contributed by atoms with Gasteiger partial charge in [0.15, 0.2) is 0 Å². The normalized spacial score (nSPS) is 19.7. The second-order valence-electron chi connectivity index (χ2n) is 5.07. The van der Waals surface area contributed by atoms with Crippen LogP contribution in [0.1, 0.15) is 43.4 Å². The zero-order chi connectivity index (χ0) is 13.1. The topological polar surface area (TPSA) is 12.5 Å². The lowest BCUT2D eigenvalue weighted by atomic mass is 9.90. The van der Waals surface area contributed by atoms with Gasteiger partial charge in [-0.15, -0.1) is 0 Å². The maximum absolute atomic E-state index is 6.21. The first-order chi connectivity index (χ1) is 8.67. The molecule has 1 unspecified atom stereocenters. The third-order valence-corrected chi connectivity index (χ3v) is 4.17. The Bertz CT molecular complexity index is 419. The number of hydrogen-bond donors (Lipinski definition) is 0. The molecule has 1 atom stereocenters. The highest BCUT2D eigenvalue weighted by molar-refractivity contribution is 6.32. The summed E-state index contributed by atoms with van der Waals surface area (Å²) in [5.41, 5.74) is 2.79. The zero-order valence-electron chi connectivity index (χ0n) is 11.5. The predicted octanol–water partition coefficient (Wildman–Crippen LogP) is 4.07. The van der Waals surface area contributed by atoms with Crippen molar-refractivity contribution in [3.63, 3.8) is 0 Å². The van der Waals surface area contributed by atoms with Crippen molar-refractivity contribution in [2.75, 3.05) is 20.7 Å². The Kier molecular flexibility index (Phi) is 4.52. The molecule has 0 saturated heterocycles. The van der Waals surface area contributed by atoms with E-state index in [1.807, 2.05) is 0 Å². The van der Waals surface area contributed by atoms with Gasteiger partial charge in [-0.25, -0.2) is 0 Å². The molecule has 1 aromatic rings. The van der Waals surface area contributed by atoms with Gasteiger partial charge in [-0.3, -0.25) is 4.90 Å². The fourth-order valence-electron chi connectivity index (χ4n) is 2.76. The molecule has 1 aliphatic rings. The minimum Gasteiger partial charge on any atom is -0.495 e. The van der Waals surface area contributed by atoms with Crippen molar-refractivity contribution >= 4 is 11.6 Å². The highest BCUT2D eigenvalue weighted by Gasteiger charge is 2.25. The van der Waals surface area contributed by atoms with Crippen LogP contribution in [0.5, 0.6) is 5.75 Å². The lowest BCUT2D eigenvalue weighted by molar-refractivity contribution is 0.215. The highest BCUT2D eigenvalue weighted by Crippen LogP contribution is 2.38. The average Bonchev–Trinajstić information content (AvgIpc) is 2.37. The summed E-state index contributed by atoms with van der Waals surface area (Å²) >= 11 is 6.21. The predicted molar refractivity (Wildman–Crippen MR) is 76.6 cm³/mol. The van der Waals surface area contributed by atoms with Crippen molar-refractivity contribution in [2.24, 2.45) is 0 Å². The van der Waals surface area contributed by atoms with Crippen LogP contribution in [0.3, 0.4) is 0 Å². The molecule has 1 aromatic carbocycles. The maximum Gasteiger partial charge on any atom is 0.137 e. The summed E-state index contributed by atoms with van der Waals surface area (Å²) in [6.45, 7) is 3.36.